The zero-order valence-corrected chi connectivity index (χ0v) is 21.2. The fourth-order valence-electron chi connectivity index (χ4n) is 3.77. The summed E-state index contributed by atoms with van der Waals surface area (Å²) in [5.74, 6) is 1.56. The van der Waals surface area contributed by atoms with Crippen molar-refractivity contribution in [2.45, 2.75) is 18.7 Å². The summed E-state index contributed by atoms with van der Waals surface area (Å²) in [5.41, 5.74) is 4.89. The van der Waals surface area contributed by atoms with E-state index in [0.717, 1.165) is 28.4 Å². The maximum absolute atomic E-state index is 12.7. The van der Waals surface area contributed by atoms with Crippen LogP contribution < -0.4 is 10.1 Å². The Labute approximate surface area is 220 Å². The first kappa shape index (κ1) is 24.3. The highest BCUT2D eigenvalue weighted by molar-refractivity contribution is 7.99. The molecular formula is C30H26N4O2S. The summed E-state index contributed by atoms with van der Waals surface area (Å²) in [5, 5.41) is 12.5. The van der Waals surface area contributed by atoms with Gasteiger partial charge in [-0.25, -0.2) is 0 Å². The van der Waals surface area contributed by atoms with Crippen molar-refractivity contribution in [2.75, 3.05) is 11.1 Å². The zero-order chi connectivity index (χ0) is 25.5. The molecule has 0 atom stereocenters. The van der Waals surface area contributed by atoms with Crippen molar-refractivity contribution >= 4 is 23.4 Å². The fraction of sp³-hybridized carbons (Fsp3) is 0.100. The number of ether oxygens (including phenoxy) is 1. The molecule has 5 rings (SSSR count). The smallest absolute Gasteiger partial charge is 0.234 e. The molecule has 0 aliphatic heterocycles. The summed E-state index contributed by atoms with van der Waals surface area (Å²) in [4.78, 5) is 12.7. The molecule has 0 unspecified atom stereocenters. The Hall–Kier alpha value is -4.36. The lowest BCUT2D eigenvalue weighted by Crippen LogP contribution is -2.14. The number of benzene rings is 4. The number of anilines is 1. The zero-order valence-electron chi connectivity index (χ0n) is 20.4. The molecule has 37 heavy (non-hydrogen) atoms. The summed E-state index contributed by atoms with van der Waals surface area (Å²) in [6.07, 6.45) is 0. The van der Waals surface area contributed by atoms with Gasteiger partial charge in [-0.3, -0.25) is 9.36 Å². The molecule has 1 amide bonds. The predicted molar refractivity (Wildman–Crippen MR) is 148 cm³/mol. The van der Waals surface area contributed by atoms with Crippen LogP contribution in [0.3, 0.4) is 0 Å². The van der Waals surface area contributed by atoms with Gasteiger partial charge in [-0.05, 0) is 48.9 Å². The van der Waals surface area contributed by atoms with Crippen LogP contribution in [0.2, 0.25) is 0 Å². The molecule has 184 valence electrons. The normalized spacial score (nSPS) is 10.7. The number of hydrogen-bond acceptors (Lipinski definition) is 5. The molecule has 6 nitrogen and oxygen atoms in total. The minimum atomic E-state index is -0.123. The average Bonchev–Trinajstić information content (AvgIpc) is 3.37. The van der Waals surface area contributed by atoms with E-state index in [4.69, 9.17) is 4.74 Å². The van der Waals surface area contributed by atoms with Crippen molar-refractivity contribution in [1.29, 1.82) is 0 Å². The number of hydrogen-bond donors (Lipinski definition) is 1. The van der Waals surface area contributed by atoms with Gasteiger partial charge in [-0.15, -0.1) is 10.2 Å². The van der Waals surface area contributed by atoms with Gasteiger partial charge in [0.2, 0.25) is 5.91 Å². The van der Waals surface area contributed by atoms with E-state index >= 15 is 0 Å². The summed E-state index contributed by atoms with van der Waals surface area (Å²) in [7, 11) is 0. The van der Waals surface area contributed by atoms with Crippen LogP contribution in [0.25, 0.3) is 17.1 Å². The second-order valence-corrected chi connectivity index (χ2v) is 9.42. The summed E-state index contributed by atoms with van der Waals surface area (Å²) >= 11 is 1.35. The lowest BCUT2D eigenvalue weighted by Gasteiger charge is -2.11. The van der Waals surface area contributed by atoms with Gasteiger partial charge in [0.15, 0.2) is 11.0 Å². The number of carbonyl (C=O) groups is 1. The molecule has 0 aliphatic rings. The van der Waals surface area contributed by atoms with Crippen molar-refractivity contribution in [2.24, 2.45) is 0 Å². The van der Waals surface area contributed by atoms with Crippen LogP contribution in [0.15, 0.2) is 114 Å². The van der Waals surface area contributed by atoms with Crippen LogP contribution in [0, 0.1) is 6.92 Å². The Bertz CT molecular complexity index is 1450. The maximum atomic E-state index is 12.7. The molecule has 4 aromatic carbocycles. The molecule has 1 N–H and O–H groups in total. The Balaban J connectivity index is 1.24. The first-order chi connectivity index (χ1) is 18.2. The first-order valence-corrected chi connectivity index (χ1v) is 12.9. The van der Waals surface area contributed by atoms with Gasteiger partial charge >= 0.3 is 0 Å². The quantitative estimate of drug-likeness (QED) is 0.230. The van der Waals surface area contributed by atoms with Gasteiger partial charge in [0.25, 0.3) is 0 Å². The topological polar surface area (TPSA) is 69.0 Å². The highest BCUT2D eigenvalue weighted by Gasteiger charge is 2.17. The highest BCUT2D eigenvalue weighted by atomic mass is 32.2. The van der Waals surface area contributed by atoms with Gasteiger partial charge in [0.1, 0.15) is 12.4 Å². The van der Waals surface area contributed by atoms with E-state index in [1.165, 1.54) is 17.3 Å². The number of rotatable bonds is 9. The van der Waals surface area contributed by atoms with Crippen molar-refractivity contribution < 1.29 is 9.53 Å². The summed E-state index contributed by atoms with van der Waals surface area (Å²) in [6.45, 7) is 2.55. The molecule has 0 aliphatic carbocycles. The van der Waals surface area contributed by atoms with Crippen LogP contribution in [0.4, 0.5) is 5.69 Å². The van der Waals surface area contributed by atoms with E-state index in [9.17, 15) is 4.79 Å². The molecule has 0 spiro atoms. The van der Waals surface area contributed by atoms with E-state index in [1.54, 1.807) is 0 Å². The molecule has 0 saturated carbocycles. The Morgan fingerprint density at radius 3 is 2.22 bits per heavy atom. The molecule has 0 bridgehead atoms. The molecule has 1 heterocycles. The minimum Gasteiger partial charge on any atom is -0.489 e. The molecule has 7 heteroatoms. The fourth-order valence-corrected chi connectivity index (χ4v) is 4.52. The maximum Gasteiger partial charge on any atom is 0.234 e. The van der Waals surface area contributed by atoms with Crippen LogP contribution in [0.5, 0.6) is 5.75 Å². The number of carbonyl (C=O) groups excluding carboxylic acids is 1. The second-order valence-electron chi connectivity index (χ2n) is 8.48. The monoisotopic (exact) mass is 506 g/mol. The summed E-state index contributed by atoms with van der Waals surface area (Å²) < 4.78 is 7.82. The average molecular weight is 507 g/mol. The number of aromatic nitrogens is 3. The molecule has 1 aromatic heterocycles. The van der Waals surface area contributed by atoms with Gasteiger partial charge < -0.3 is 10.1 Å². The minimum absolute atomic E-state index is 0.123. The van der Waals surface area contributed by atoms with E-state index in [0.29, 0.717) is 17.5 Å². The largest absolute Gasteiger partial charge is 0.489 e. The van der Waals surface area contributed by atoms with Crippen molar-refractivity contribution in [3.05, 3.63) is 120 Å². The Kier molecular flexibility index (Phi) is 7.62. The molecule has 5 aromatic rings. The molecular weight excluding hydrogens is 480 g/mol. The van der Waals surface area contributed by atoms with Crippen molar-refractivity contribution in [3.8, 4) is 22.8 Å². The van der Waals surface area contributed by atoms with Crippen LogP contribution >= 0.6 is 11.8 Å². The van der Waals surface area contributed by atoms with Gasteiger partial charge in [0, 0.05) is 16.9 Å². The number of nitrogens with zero attached hydrogens (tertiary/aromatic N) is 3. The van der Waals surface area contributed by atoms with Crippen LogP contribution in [0.1, 0.15) is 11.1 Å². The Morgan fingerprint density at radius 1 is 0.838 bits per heavy atom. The van der Waals surface area contributed by atoms with Crippen LogP contribution in [-0.4, -0.2) is 26.4 Å². The third-order valence-corrected chi connectivity index (χ3v) is 6.61. The standard InChI is InChI=1S/C30H26N4O2S/c1-22-12-16-26(17-13-22)34-29(24-10-6-3-7-11-24)32-33-30(34)37-21-28(35)31-25-14-18-27(19-15-25)36-20-23-8-4-2-5-9-23/h2-19H,20-21H2,1H3,(H,31,35). The van der Waals surface area contributed by atoms with Gasteiger partial charge in [-0.2, -0.15) is 0 Å². The van der Waals surface area contributed by atoms with Crippen molar-refractivity contribution in [3.63, 3.8) is 0 Å². The van der Waals surface area contributed by atoms with E-state index < -0.39 is 0 Å². The molecule has 0 saturated heterocycles. The summed E-state index contributed by atoms with van der Waals surface area (Å²) in [6, 6.07) is 35.5. The lowest BCUT2D eigenvalue weighted by atomic mass is 10.2. The predicted octanol–water partition coefficient (Wildman–Crippen LogP) is 6.55. The number of thioether (sulfide) groups is 1. The second kappa shape index (κ2) is 11.6. The van der Waals surface area contributed by atoms with E-state index in [-0.39, 0.29) is 11.7 Å². The highest BCUT2D eigenvalue weighted by Crippen LogP contribution is 2.28. The number of nitrogens with one attached hydrogen (secondary N) is 1. The Morgan fingerprint density at radius 2 is 1.51 bits per heavy atom. The van der Waals surface area contributed by atoms with Crippen molar-refractivity contribution in [1.82, 2.24) is 14.8 Å². The first-order valence-electron chi connectivity index (χ1n) is 11.9. The number of amides is 1. The van der Waals surface area contributed by atoms with E-state index in [1.807, 2.05) is 102 Å². The third-order valence-electron chi connectivity index (χ3n) is 5.68. The molecule has 0 radical (unpaired) electrons. The van der Waals surface area contributed by atoms with Gasteiger partial charge in [-0.1, -0.05) is 90.1 Å². The van der Waals surface area contributed by atoms with E-state index in [2.05, 4.69) is 34.6 Å². The molecule has 0 fully saturated rings. The SMILES string of the molecule is Cc1ccc(-n2c(SCC(=O)Nc3ccc(OCc4ccccc4)cc3)nnc2-c2ccccc2)cc1. The lowest BCUT2D eigenvalue weighted by molar-refractivity contribution is -0.113. The van der Waals surface area contributed by atoms with Gasteiger partial charge in [0.05, 0.1) is 5.75 Å². The van der Waals surface area contributed by atoms with Crippen LogP contribution in [-0.2, 0) is 11.4 Å². The number of aryl methyl sites for hydroxylation is 1. The third kappa shape index (κ3) is 6.26.